The number of aromatic amines is 1. The van der Waals surface area contributed by atoms with Crippen molar-refractivity contribution in [2.45, 2.75) is 39.3 Å². The Morgan fingerprint density at radius 1 is 1.20 bits per heavy atom. The summed E-state index contributed by atoms with van der Waals surface area (Å²) in [5.41, 5.74) is 3.86. The highest BCUT2D eigenvalue weighted by molar-refractivity contribution is 5.97. The van der Waals surface area contributed by atoms with E-state index in [1.165, 1.54) is 0 Å². The van der Waals surface area contributed by atoms with Crippen molar-refractivity contribution >= 4 is 22.5 Å². The van der Waals surface area contributed by atoms with Crippen LogP contribution < -0.4 is 15.2 Å². The van der Waals surface area contributed by atoms with Gasteiger partial charge in [0.15, 0.2) is 0 Å². The molecule has 0 spiro atoms. The molecule has 4 rings (SSSR count). The molecule has 2 aromatic carbocycles. The number of hydrogen-bond donors (Lipinski definition) is 1. The zero-order valence-corrected chi connectivity index (χ0v) is 17.5. The first-order chi connectivity index (χ1) is 14.5. The normalized spacial score (nSPS) is 16.0. The van der Waals surface area contributed by atoms with Crippen molar-refractivity contribution in [2.75, 3.05) is 18.6 Å². The van der Waals surface area contributed by atoms with E-state index < -0.39 is 6.10 Å². The van der Waals surface area contributed by atoms with Crippen LogP contribution in [0.5, 0.6) is 5.75 Å². The van der Waals surface area contributed by atoms with Crippen LogP contribution >= 0.6 is 0 Å². The monoisotopic (exact) mass is 406 g/mol. The molecule has 6 nitrogen and oxygen atoms in total. The van der Waals surface area contributed by atoms with Gasteiger partial charge >= 0.3 is 0 Å². The summed E-state index contributed by atoms with van der Waals surface area (Å²) >= 11 is 0. The molecular formula is C24H26N2O4. The molecule has 156 valence electrons. The summed E-state index contributed by atoms with van der Waals surface area (Å²) in [7, 11) is 1.59. The number of aromatic nitrogens is 1. The molecule has 2 heterocycles. The van der Waals surface area contributed by atoms with E-state index in [0.29, 0.717) is 29.9 Å². The average Bonchev–Trinajstić information content (AvgIpc) is 3.28. The molecule has 0 bridgehead atoms. The maximum atomic E-state index is 13.3. The number of methoxy groups -OCH3 is 1. The third-order valence-corrected chi connectivity index (χ3v) is 5.59. The van der Waals surface area contributed by atoms with Gasteiger partial charge in [-0.15, -0.1) is 0 Å². The van der Waals surface area contributed by atoms with Crippen LogP contribution in [0.4, 0.5) is 5.69 Å². The molecule has 1 unspecified atom stereocenters. The van der Waals surface area contributed by atoms with Gasteiger partial charge in [-0.25, -0.2) is 0 Å². The minimum absolute atomic E-state index is 0.101. The van der Waals surface area contributed by atoms with Crippen molar-refractivity contribution < 1.29 is 14.3 Å². The second-order valence-corrected chi connectivity index (χ2v) is 7.79. The summed E-state index contributed by atoms with van der Waals surface area (Å²) in [6.45, 7) is 4.74. The lowest BCUT2D eigenvalue weighted by molar-refractivity contribution is -0.127. The predicted octanol–water partition coefficient (Wildman–Crippen LogP) is 3.87. The van der Waals surface area contributed by atoms with Crippen LogP contribution in [0, 0.1) is 13.8 Å². The van der Waals surface area contributed by atoms with E-state index >= 15 is 0 Å². The van der Waals surface area contributed by atoms with Crippen molar-refractivity contribution in [1.29, 1.82) is 0 Å². The van der Waals surface area contributed by atoms with Crippen LogP contribution in [-0.2, 0) is 16.1 Å². The molecule has 30 heavy (non-hydrogen) atoms. The van der Waals surface area contributed by atoms with Gasteiger partial charge in [-0.3, -0.25) is 9.59 Å². The molecule has 1 N–H and O–H groups in total. The molecule has 0 saturated carbocycles. The van der Waals surface area contributed by atoms with Crippen LogP contribution in [0.3, 0.4) is 0 Å². The van der Waals surface area contributed by atoms with E-state index in [0.717, 1.165) is 28.6 Å². The van der Waals surface area contributed by atoms with Gasteiger partial charge in [0.25, 0.3) is 11.5 Å². The average molecular weight is 406 g/mol. The number of nitrogens with one attached hydrogen (secondary N) is 1. The van der Waals surface area contributed by atoms with Crippen LogP contribution in [0.2, 0.25) is 0 Å². The minimum Gasteiger partial charge on any atom is -0.497 e. The Morgan fingerprint density at radius 3 is 2.77 bits per heavy atom. The molecule has 1 amide bonds. The summed E-state index contributed by atoms with van der Waals surface area (Å²) in [5, 5.41) is 0.885. The molecule has 1 aliphatic heterocycles. The summed E-state index contributed by atoms with van der Waals surface area (Å²) in [4.78, 5) is 30.8. The number of aryl methyl sites for hydroxylation is 2. The molecule has 1 fully saturated rings. The van der Waals surface area contributed by atoms with Crippen molar-refractivity contribution in [1.82, 2.24) is 4.98 Å². The van der Waals surface area contributed by atoms with Crippen LogP contribution in [0.25, 0.3) is 10.9 Å². The fraction of sp³-hybridized carbons (Fsp3) is 0.333. The second-order valence-electron chi connectivity index (χ2n) is 7.79. The maximum Gasteiger partial charge on any atom is 0.256 e. The number of fused-ring (bicyclic) bond motifs is 1. The van der Waals surface area contributed by atoms with Gasteiger partial charge in [0.2, 0.25) is 0 Å². The summed E-state index contributed by atoms with van der Waals surface area (Å²) < 4.78 is 10.9. The molecule has 1 atom stereocenters. The number of amides is 1. The van der Waals surface area contributed by atoms with Gasteiger partial charge in [-0.05, 0) is 67.5 Å². The number of anilines is 1. The molecular weight excluding hydrogens is 380 g/mol. The Balaban J connectivity index is 1.76. The zero-order valence-electron chi connectivity index (χ0n) is 17.5. The number of H-pyrrole nitrogens is 1. The van der Waals surface area contributed by atoms with E-state index in [1.807, 2.05) is 50.2 Å². The van der Waals surface area contributed by atoms with Gasteiger partial charge in [0.05, 0.1) is 19.2 Å². The molecule has 0 aliphatic carbocycles. The second kappa shape index (κ2) is 8.32. The van der Waals surface area contributed by atoms with E-state index in [4.69, 9.17) is 9.47 Å². The topological polar surface area (TPSA) is 71.6 Å². The lowest BCUT2D eigenvalue weighted by atomic mass is 10.1. The first-order valence-corrected chi connectivity index (χ1v) is 10.2. The van der Waals surface area contributed by atoms with Gasteiger partial charge in [0, 0.05) is 23.9 Å². The summed E-state index contributed by atoms with van der Waals surface area (Å²) in [5.74, 6) is 0.576. The van der Waals surface area contributed by atoms with E-state index in [1.54, 1.807) is 18.1 Å². The number of pyridine rings is 1. The number of ether oxygens (including phenoxy) is 2. The quantitative estimate of drug-likeness (QED) is 0.698. The van der Waals surface area contributed by atoms with E-state index in [9.17, 15) is 9.59 Å². The fourth-order valence-electron chi connectivity index (χ4n) is 3.88. The zero-order chi connectivity index (χ0) is 21.3. The summed E-state index contributed by atoms with van der Waals surface area (Å²) in [6.07, 6.45) is 1.11. The minimum atomic E-state index is -0.464. The first kappa shape index (κ1) is 20.2. The van der Waals surface area contributed by atoms with Crippen molar-refractivity contribution in [3.8, 4) is 5.75 Å². The molecule has 3 aromatic rings. The molecule has 1 saturated heterocycles. The van der Waals surface area contributed by atoms with Gasteiger partial charge in [-0.2, -0.15) is 0 Å². The largest absolute Gasteiger partial charge is 0.497 e. The molecule has 0 radical (unpaired) electrons. The Morgan fingerprint density at radius 2 is 2.03 bits per heavy atom. The van der Waals surface area contributed by atoms with Crippen molar-refractivity contribution in [3.63, 3.8) is 0 Å². The van der Waals surface area contributed by atoms with Crippen molar-refractivity contribution in [2.24, 2.45) is 0 Å². The highest BCUT2D eigenvalue weighted by atomic mass is 16.5. The SMILES string of the molecule is COc1ccc2cc(CN(C(=O)C3CCCO3)c3cc(C)ccc3C)c(=O)[nH]c2c1. The lowest BCUT2D eigenvalue weighted by Crippen LogP contribution is -2.40. The predicted molar refractivity (Wildman–Crippen MR) is 117 cm³/mol. The van der Waals surface area contributed by atoms with Gasteiger partial charge < -0.3 is 19.4 Å². The van der Waals surface area contributed by atoms with E-state index in [-0.39, 0.29) is 18.0 Å². The Bertz CT molecular complexity index is 1150. The highest BCUT2D eigenvalue weighted by Gasteiger charge is 2.30. The Hall–Kier alpha value is -3.12. The third-order valence-electron chi connectivity index (χ3n) is 5.59. The van der Waals surface area contributed by atoms with Crippen molar-refractivity contribution in [3.05, 3.63) is 69.5 Å². The number of carbonyl (C=O) groups excluding carboxylic acids is 1. The van der Waals surface area contributed by atoms with Gasteiger partial charge in [-0.1, -0.05) is 12.1 Å². The van der Waals surface area contributed by atoms with Crippen LogP contribution in [0.15, 0.2) is 47.3 Å². The Labute approximate surface area is 175 Å². The molecule has 1 aliphatic rings. The van der Waals surface area contributed by atoms with Gasteiger partial charge in [0.1, 0.15) is 11.9 Å². The first-order valence-electron chi connectivity index (χ1n) is 10.2. The Kier molecular flexibility index (Phi) is 5.59. The van der Waals surface area contributed by atoms with Crippen LogP contribution in [0.1, 0.15) is 29.5 Å². The van der Waals surface area contributed by atoms with Crippen LogP contribution in [-0.4, -0.2) is 30.7 Å². The third kappa shape index (κ3) is 3.96. The smallest absolute Gasteiger partial charge is 0.256 e. The fourth-order valence-corrected chi connectivity index (χ4v) is 3.88. The number of carbonyl (C=O) groups is 1. The molecule has 1 aromatic heterocycles. The highest BCUT2D eigenvalue weighted by Crippen LogP contribution is 2.27. The van der Waals surface area contributed by atoms with E-state index in [2.05, 4.69) is 4.98 Å². The maximum absolute atomic E-state index is 13.3. The molecule has 6 heteroatoms. The number of hydrogen-bond acceptors (Lipinski definition) is 4. The number of benzene rings is 2. The number of rotatable bonds is 5. The number of nitrogens with zero attached hydrogens (tertiary/aromatic N) is 1. The summed E-state index contributed by atoms with van der Waals surface area (Å²) in [6, 6.07) is 13.4. The standard InChI is InChI=1S/C24H26N2O4/c1-15-6-7-16(2)21(11-15)26(24(28)22-5-4-10-30-22)14-18-12-17-8-9-19(29-3)13-20(17)25-23(18)27/h6-9,11-13,22H,4-5,10,14H2,1-3H3,(H,25,27). The lowest BCUT2D eigenvalue weighted by Gasteiger charge is -2.27.